The van der Waals surface area contributed by atoms with Gasteiger partial charge in [0.25, 0.3) is 5.91 Å². The number of carbonyl (C=O) groups excluding carboxylic acids is 2. The molecule has 0 saturated carbocycles. The molecule has 122 valence electrons. The van der Waals surface area contributed by atoms with Crippen LogP contribution >= 0.6 is 0 Å². The summed E-state index contributed by atoms with van der Waals surface area (Å²) < 4.78 is 5.11. The lowest BCUT2D eigenvalue weighted by Gasteiger charge is -2.18. The summed E-state index contributed by atoms with van der Waals surface area (Å²) in [6.45, 7) is 0.240. The zero-order valence-corrected chi connectivity index (χ0v) is 13.0. The van der Waals surface area contributed by atoms with Crippen LogP contribution in [0.1, 0.15) is 22.0 Å². The van der Waals surface area contributed by atoms with E-state index in [9.17, 15) is 9.59 Å². The minimum atomic E-state index is -0.380. The second-order valence-electron chi connectivity index (χ2n) is 5.19. The van der Waals surface area contributed by atoms with Crippen LogP contribution in [0.4, 0.5) is 10.5 Å². The van der Waals surface area contributed by atoms with Gasteiger partial charge in [0, 0.05) is 23.9 Å². The molecule has 24 heavy (non-hydrogen) atoms. The van der Waals surface area contributed by atoms with Crippen LogP contribution in [0, 0.1) is 0 Å². The number of rotatable bonds is 4. The highest BCUT2D eigenvalue weighted by molar-refractivity contribution is 5.97. The molecule has 1 atom stereocenters. The molecule has 0 spiro atoms. The van der Waals surface area contributed by atoms with Crippen molar-refractivity contribution in [1.82, 2.24) is 5.32 Å². The second kappa shape index (κ2) is 6.91. The second-order valence-corrected chi connectivity index (χ2v) is 5.19. The lowest BCUT2D eigenvalue weighted by atomic mass is 9.99. The van der Waals surface area contributed by atoms with E-state index in [1.807, 2.05) is 12.1 Å². The zero-order valence-electron chi connectivity index (χ0n) is 13.0. The Morgan fingerprint density at radius 3 is 2.88 bits per heavy atom. The lowest BCUT2D eigenvalue weighted by molar-refractivity contribution is 0.0985. The lowest BCUT2D eigenvalue weighted by Crippen LogP contribution is -2.32. The summed E-state index contributed by atoms with van der Waals surface area (Å²) >= 11 is 0. The van der Waals surface area contributed by atoms with Crippen LogP contribution in [-0.4, -0.2) is 25.6 Å². The van der Waals surface area contributed by atoms with Crippen LogP contribution in [0.2, 0.25) is 0 Å². The number of methoxy groups -OCH3 is 1. The number of fused-ring (bicyclic) bond motifs is 1. The standard InChI is InChI=1S/C17H16N4O3/c1-24-12-6-4-5-11(9-12)19-17(23)18-10-15-13-7-2-3-8-14(13)16(22)21-20-15/h2-9,15H,10H2,1H3,(H2,18,19,23). The summed E-state index contributed by atoms with van der Waals surface area (Å²) in [5.41, 5.74) is 1.90. The molecule has 1 unspecified atom stereocenters. The normalized spacial score (nSPS) is 15.5. The van der Waals surface area contributed by atoms with E-state index in [1.54, 1.807) is 43.5 Å². The van der Waals surface area contributed by atoms with Crippen molar-refractivity contribution in [3.63, 3.8) is 0 Å². The van der Waals surface area contributed by atoms with Crippen molar-refractivity contribution < 1.29 is 14.3 Å². The monoisotopic (exact) mass is 324 g/mol. The van der Waals surface area contributed by atoms with E-state index < -0.39 is 0 Å². The van der Waals surface area contributed by atoms with Crippen LogP contribution in [0.3, 0.4) is 0 Å². The van der Waals surface area contributed by atoms with Gasteiger partial charge < -0.3 is 15.4 Å². The molecule has 1 heterocycles. The highest BCUT2D eigenvalue weighted by atomic mass is 16.5. The number of benzene rings is 2. The molecule has 0 aliphatic carbocycles. The summed E-state index contributed by atoms with van der Waals surface area (Å²) in [7, 11) is 1.56. The summed E-state index contributed by atoms with van der Waals surface area (Å²) in [5, 5.41) is 13.1. The molecule has 1 aliphatic rings. The van der Waals surface area contributed by atoms with E-state index in [2.05, 4.69) is 20.9 Å². The first-order valence-electron chi connectivity index (χ1n) is 7.40. The fraction of sp³-hybridized carbons (Fsp3) is 0.176. The molecule has 0 radical (unpaired) electrons. The predicted molar refractivity (Wildman–Crippen MR) is 88.4 cm³/mol. The molecule has 0 fully saturated rings. The first-order chi connectivity index (χ1) is 11.7. The maximum absolute atomic E-state index is 12.0. The number of anilines is 1. The molecule has 0 saturated heterocycles. The van der Waals surface area contributed by atoms with Crippen molar-refractivity contribution in [2.45, 2.75) is 6.04 Å². The van der Waals surface area contributed by atoms with Crippen LogP contribution in [0.5, 0.6) is 5.75 Å². The number of hydrogen-bond donors (Lipinski definition) is 2. The first kappa shape index (κ1) is 15.7. The number of nitrogens with one attached hydrogen (secondary N) is 2. The highest BCUT2D eigenvalue weighted by Crippen LogP contribution is 2.26. The fourth-order valence-electron chi connectivity index (χ4n) is 2.44. The Hall–Kier alpha value is -3.22. The molecule has 0 aromatic heterocycles. The average Bonchev–Trinajstić information content (AvgIpc) is 2.61. The van der Waals surface area contributed by atoms with E-state index in [1.165, 1.54) is 0 Å². The number of amides is 3. The van der Waals surface area contributed by atoms with Crippen LogP contribution in [0.15, 0.2) is 58.8 Å². The van der Waals surface area contributed by atoms with Gasteiger partial charge in [-0.05, 0) is 23.8 Å². The van der Waals surface area contributed by atoms with Crippen LogP contribution < -0.4 is 15.4 Å². The first-order valence-corrected chi connectivity index (χ1v) is 7.40. The molecule has 3 rings (SSSR count). The number of nitrogens with zero attached hydrogens (tertiary/aromatic N) is 2. The molecule has 2 aromatic rings. The van der Waals surface area contributed by atoms with Gasteiger partial charge in [0.2, 0.25) is 0 Å². The quantitative estimate of drug-likeness (QED) is 0.904. The van der Waals surface area contributed by atoms with Crippen molar-refractivity contribution in [1.29, 1.82) is 0 Å². The Morgan fingerprint density at radius 1 is 1.21 bits per heavy atom. The van der Waals surface area contributed by atoms with E-state index in [0.717, 1.165) is 5.56 Å². The van der Waals surface area contributed by atoms with Gasteiger partial charge in [-0.15, -0.1) is 5.11 Å². The third-order valence-corrected chi connectivity index (χ3v) is 3.62. The minimum absolute atomic E-state index is 0.240. The smallest absolute Gasteiger partial charge is 0.319 e. The molecule has 1 aliphatic heterocycles. The topological polar surface area (TPSA) is 92.2 Å². The van der Waals surface area contributed by atoms with Gasteiger partial charge in [0.15, 0.2) is 0 Å². The zero-order chi connectivity index (χ0) is 16.9. The van der Waals surface area contributed by atoms with Crippen LogP contribution in [-0.2, 0) is 0 Å². The Kier molecular flexibility index (Phi) is 4.51. The van der Waals surface area contributed by atoms with Crippen LogP contribution in [0.25, 0.3) is 0 Å². The number of hydrogen-bond acceptors (Lipinski definition) is 4. The Bertz CT molecular complexity index is 804. The van der Waals surface area contributed by atoms with Gasteiger partial charge in [-0.25, -0.2) is 4.79 Å². The van der Waals surface area contributed by atoms with Gasteiger partial charge in [-0.2, -0.15) is 5.11 Å². The Labute approximate surface area is 138 Å². The fourth-order valence-corrected chi connectivity index (χ4v) is 2.44. The molecular weight excluding hydrogens is 308 g/mol. The maximum atomic E-state index is 12.0. The largest absolute Gasteiger partial charge is 0.497 e. The number of azo groups is 1. The third-order valence-electron chi connectivity index (χ3n) is 3.62. The van der Waals surface area contributed by atoms with E-state index in [4.69, 9.17) is 4.74 Å². The minimum Gasteiger partial charge on any atom is -0.497 e. The third kappa shape index (κ3) is 3.40. The number of ether oxygens (including phenoxy) is 1. The summed E-state index contributed by atoms with van der Waals surface area (Å²) in [5.74, 6) is 0.295. The molecule has 7 heteroatoms. The van der Waals surface area contributed by atoms with Gasteiger partial charge in [-0.3, -0.25) is 4.79 Å². The summed E-state index contributed by atoms with van der Waals surface area (Å²) in [4.78, 5) is 23.7. The molecule has 3 amide bonds. The van der Waals surface area contributed by atoms with E-state index in [-0.39, 0.29) is 24.5 Å². The van der Waals surface area contributed by atoms with Crippen molar-refractivity contribution >= 4 is 17.6 Å². The van der Waals surface area contributed by atoms with Crippen molar-refractivity contribution in [2.24, 2.45) is 10.2 Å². The Morgan fingerprint density at radius 2 is 2.04 bits per heavy atom. The van der Waals surface area contributed by atoms with Gasteiger partial charge >= 0.3 is 6.03 Å². The van der Waals surface area contributed by atoms with Crippen molar-refractivity contribution in [3.8, 4) is 5.75 Å². The molecule has 2 N–H and O–H groups in total. The van der Waals surface area contributed by atoms with Gasteiger partial charge in [-0.1, -0.05) is 24.3 Å². The molecule has 7 nitrogen and oxygen atoms in total. The molecule has 2 aromatic carbocycles. The molecular formula is C17H16N4O3. The Balaban J connectivity index is 1.62. The van der Waals surface area contributed by atoms with E-state index in [0.29, 0.717) is 17.0 Å². The van der Waals surface area contributed by atoms with Crippen molar-refractivity contribution in [3.05, 3.63) is 59.7 Å². The van der Waals surface area contributed by atoms with Crippen molar-refractivity contribution in [2.75, 3.05) is 19.0 Å². The average molecular weight is 324 g/mol. The maximum Gasteiger partial charge on any atom is 0.319 e. The SMILES string of the molecule is COc1cccc(NC(=O)NCC2N=NC(=O)c3ccccc32)c1. The van der Waals surface area contributed by atoms with Gasteiger partial charge in [0.1, 0.15) is 11.8 Å². The summed E-state index contributed by atoms with van der Waals surface area (Å²) in [6, 6.07) is 13.4. The summed E-state index contributed by atoms with van der Waals surface area (Å²) in [6.07, 6.45) is 0. The predicted octanol–water partition coefficient (Wildman–Crippen LogP) is 3.16. The van der Waals surface area contributed by atoms with Gasteiger partial charge in [0.05, 0.1) is 7.11 Å². The molecule has 0 bridgehead atoms. The number of urea groups is 1. The van der Waals surface area contributed by atoms with E-state index >= 15 is 0 Å². The highest BCUT2D eigenvalue weighted by Gasteiger charge is 2.23. The number of carbonyl (C=O) groups is 2.